The van der Waals surface area contributed by atoms with E-state index in [0.29, 0.717) is 42.8 Å². The molecular weight excluding hydrogens is 365 g/mol. The van der Waals surface area contributed by atoms with Crippen molar-refractivity contribution in [2.75, 3.05) is 17.2 Å². The lowest BCUT2D eigenvalue weighted by molar-refractivity contribution is -0.137. The van der Waals surface area contributed by atoms with E-state index in [1.165, 1.54) is 6.07 Å². The van der Waals surface area contributed by atoms with Crippen LogP contribution in [0.2, 0.25) is 0 Å². The Morgan fingerprint density at radius 1 is 1.31 bits per heavy atom. The summed E-state index contributed by atoms with van der Waals surface area (Å²) in [5, 5.41) is 0. The van der Waals surface area contributed by atoms with Gasteiger partial charge in [0.1, 0.15) is 6.04 Å². The van der Waals surface area contributed by atoms with Crippen LogP contribution in [-0.2, 0) is 22.2 Å². The van der Waals surface area contributed by atoms with E-state index >= 15 is 0 Å². The molecule has 2 saturated heterocycles. The lowest BCUT2D eigenvalue weighted by Gasteiger charge is -2.35. The molecule has 0 bridgehead atoms. The van der Waals surface area contributed by atoms with Gasteiger partial charge in [-0.05, 0) is 49.9 Å². The molecule has 0 N–H and O–H groups in total. The van der Waals surface area contributed by atoms with Gasteiger partial charge in [-0.25, -0.2) is 0 Å². The Kier molecular flexibility index (Phi) is 4.02. The summed E-state index contributed by atoms with van der Waals surface area (Å²) >= 11 is 1.62. The summed E-state index contributed by atoms with van der Waals surface area (Å²) in [7, 11) is 0. The molecule has 0 aliphatic carbocycles. The second kappa shape index (κ2) is 5.90. The van der Waals surface area contributed by atoms with Crippen LogP contribution in [0.15, 0.2) is 18.2 Å². The van der Waals surface area contributed by atoms with Gasteiger partial charge in [0.15, 0.2) is 0 Å². The molecule has 0 unspecified atom stereocenters. The van der Waals surface area contributed by atoms with Crippen molar-refractivity contribution in [1.82, 2.24) is 4.90 Å². The van der Waals surface area contributed by atoms with E-state index in [2.05, 4.69) is 0 Å². The van der Waals surface area contributed by atoms with Gasteiger partial charge >= 0.3 is 6.18 Å². The van der Waals surface area contributed by atoms with Crippen molar-refractivity contribution in [3.05, 3.63) is 29.3 Å². The molecule has 3 aliphatic rings. The van der Waals surface area contributed by atoms with Gasteiger partial charge in [0.25, 0.3) is 5.91 Å². The average Bonchev–Trinajstić information content (AvgIpc) is 3.09. The van der Waals surface area contributed by atoms with E-state index in [4.69, 9.17) is 0 Å². The molecule has 1 aromatic rings. The smallest absolute Gasteiger partial charge is 0.315 e. The molecular formula is C18H19F3N2O2S. The van der Waals surface area contributed by atoms with Crippen molar-refractivity contribution in [3.8, 4) is 0 Å². The summed E-state index contributed by atoms with van der Waals surface area (Å²) in [6.45, 7) is 2.45. The van der Waals surface area contributed by atoms with Crippen molar-refractivity contribution in [2.45, 2.75) is 49.7 Å². The molecule has 1 aromatic carbocycles. The maximum absolute atomic E-state index is 13.2. The number of hydrogen-bond donors (Lipinski definition) is 0. The summed E-state index contributed by atoms with van der Waals surface area (Å²) in [4.78, 5) is 28.4. The number of nitrogens with zero attached hydrogens (tertiary/aromatic N) is 2. The number of hydrogen-bond acceptors (Lipinski definition) is 3. The Morgan fingerprint density at radius 3 is 2.81 bits per heavy atom. The number of aryl methyl sites for hydroxylation is 1. The van der Waals surface area contributed by atoms with E-state index in [1.807, 2.05) is 6.92 Å². The summed E-state index contributed by atoms with van der Waals surface area (Å²) < 4.78 is 38.9. The molecule has 0 saturated carbocycles. The zero-order valence-electron chi connectivity index (χ0n) is 14.3. The highest BCUT2D eigenvalue weighted by atomic mass is 32.2. The monoisotopic (exact) mass is 384 g/mol. The third-order valence-electron chi connectivity index (χ3n) is 5.52. The van der Waals surface area contributed by atoms with Gasteiger partial charge in [-0.15, -0.1) is 11.8 Å². The highest BCUT2D eigenvalue weighted by molar-refractivity contribution is 8.01. The molecule has 0 spiro atoms. The Balaban J connectivity index is 1.64. The Morgan fingerprint density at radius 2 is 2.08 bits per heavy atom. The molecule has 3 heterocycles. The van der Waals surface area contributed by atoms with Crippen molar-refractivity contribution < 1.29 is 22.8 Å². The van der Waals surface area contributed by atoms with Crippen LogP contribution < -0.4 is 4.90 Å². The van der Waals surface area contributed by atoms with Crippen molar-refractivity contribution in [2.24, 2.45) is 0 Å². The van der Waals surface area contributed by atoms with Crippen LogP contribution in [0.4, 0.5) is 18.9 Å². The standard InChI is InChI=1S/C18H19F3N2O2S/c1-17-7-6-15(24)23(17)14(10-26-17)16(25)22-8-2-3-11-9-12(18(19,20)21)4-5-13(11)22/h4-5,9,14H,2-3,6-8,10H2,1H3/t14-,17+/m0/s1. The van der Waals surface area contributed by atoms with Crippen LogP contribution in [0.1, 0.15) is 37.3 Å². The summed E-state index contributed by atoms with van der Waals surface area (Å²) in [6.07, 6.45) is -2.09. The molecule has 26 heavy (non-hydrogen) atoms. The van der Waals surface area contributed by atoms with E-state index in [1.54, 1.807) is 21.6 Å². The molecule has 2 amide bonds. The quantitative estimate of drug-likeness (QED) is 0.745. The van der Waals surface area contributed by atoms with Gasteiger partial charge in [0.05, 0.1) is 10.4 Å². The fourth-order valence-electron chi connectivity index (χ4n) is 4.19. The second-order valence-electron chi connectivity index (χ2n) is 7.20. The number of amides is 2. The van der Waals surface area contributed by atoms with Crippen LogP contribution in [0.25, 0.3) is 0 Å². The maximum Gasteiger partial charge on any atom is 0.416 e. The predicted molar refractivity (Wildman–Crippen MR) is 92.8 cm³/mol. The van der Waals surface area contributed by atoms with Crippen LogP contribution in [0.5, 0.6) is 0 Å². The number of alkyl halides is 3. The number of carbonyl (C=O) groups excluding carboxylic acids is 2. The van der Waals surface area contributed by atoms with Crippen LogP contribution in [0, 0.1) is 0 Å². The third-order valence-corrected chi connectivity index (χ3v) is 7.03. The fraction of sp³-hybridized carbons (Fsp3) is 0.556. The summed E-state index contributed by atoms with van der Waals surface area (Å²) in [5.74, 6) is 0.339. The number of thioether (sulfide) groups is 1. The first-order valence-electron chi connectivity index (χ1n) is 8.68. The Labute approximate surface area is 153 Å². The number of fused-ring (bicyclic) bond motifs is 2. The molecule has 0 aromatic heterocycles. The highest BCUT2D eigenvalue weighted by Crippen LogP contribution is 2.48. The van der Waals surface area contributed by atoms with Crippen molar-refractivity contribution in [1.29, 1.82) is 0 Å². The normalized spacial score (nSPS) is 28.3. The maximum atomic E-state index is 13.2. The zero-order valence-corrected chi connectivity index (χ0v) is 15.1. The Hall–Kier alpha value is -1.70. The lowest BCUT2D eigenvalue weighted by atomic mass is 9.98. The molecule has 2 fully saturated rings. The highest BCUT2D eigenvalue weighted by Gasteiger charge is 2.53. The first kappa shape index (κ1) is 17.7. The van der Waals surface area contributed by atoms with Gasteiger partial charge < -0.3 is 9.80 Å². The van der Waals surface area contributed by atoms with E-state index < -0.39 is 17.8 Å². The lowest BCUT2D eigenvalue weighted by Crippen LogP contribution is -2.52. The second-order valence-corrected chi connectivity index (χ2v) is 8.70. The third kappa shape index (κ3) is 2.69. The zero-order chi connectivity index (χ0) is 18.7. The average molecular weight is 384 g/mol. The number of anilines is 1. The molecule has 0 radical (unpaired) electrons. The summed E-state index contributed by atoms with van der Waals surface area (Å²) in [6, 6.07) is 3.03. The van der Waals surface area contributed by atoms with Crippen LogP contribution in [-0.4, -0.2) is 39.9 Å². The summed E-state index contributed by atoms with van der Waals surface area (Å²) in [5.41, 5.74) is 0.393. The number of halogens is 3. The van der Waals surface area contributed by atoms with Crippen molar-refractivity contribution >= 4 is 29.3 Å². The van der Waals surface area contributed by atoms with E-state index in [-0.39, 0.29) is 16.7 Å². The van der Waals surface area contributed by atoms with Gasteiger partial charge in [-0.1, -0.05) is 0 Å². The van der Waals surface area contributed by atoms with Crippen LogP contribution >= 0.6 is 11.8 Å². The molecule has 4 rings (SSSR count). The largest absolute Gasteiger partial charge is 0.416 e. The molecule has 2 atom stereocenters. The van der Waals surface area contributed by atoms with Crippen molar-refractivity contribution in [3.63, 3.8) is 0 Å². The van der Waals surface area contributed by atoms with Gasteiger partial charge in [-0.3, -0.25) is 9.59 Å². The minimum Gasteiger partial charge on any atom is -0.315 e. The van der Waals surface area contributed by atoms with Gasteiger partial charge in [-0.2, -0.15) is 13.2 Å². The first-order chi connectivity index (χ1) is 12.2. The Bertz CT molecular complexity index is 782. The van der Waals surface area contributed by atoms with Gasteiger partial charge in [0, 0.05) is 24.4 Å². The van der Waals surface area contributed by atoms with E-state index in [0.717, 1.165) is 18.6 Å². The first-order valence-corrected chi connectivity index (χ1v) is 9.67. The number of carbonyl (C=O) groups is 2. The predicted octanol–water partition coefficient (Wildman–Crippen LogP) is 3.44. The minimum atomic E-state index is -4.40. The fourth-order valence-corrected chi connectivity index (χ4v) is 5.61. The van der Waals surface area contributed by atoms with Crippen LogP contribution in [0.3, 0.4) is 0 Å². The molecule has 8 heteroatoms. The van der Waals surface area contributed by atoms with Gasteiger partial charge in [0.2, 0.25) is 5.91 Å². The number of rotatable bonds is 1. The molecule has 3 aliphatic heterocycles. The topological polar surface area (TPSA) is 40.6 Å². The minimum absolute atomic E-state index is 0.0134. The SMILES string of the molecule is C[C@@]12CCC(=O)N1[C@H](C(=O)N1CCCc3cc(C(F)(F)F)ccc31)CS2. The molecule has 140 valence electrons. The van der Waals surface area contributed by atoms with E-state index in [9.17, 15) is 22.8 Å². The number of benzene rings is 1. The molecule has 4 nitrogen and oxygen atoms in total.